The second kappa shape index (κ2) is 13.7. The number of esters is 1. The van der Waals surface area contributed by atoms with Crippen molar-refractivity contribution in [1.29, 1.82) is 5.26 Å². The van der Waals surface area contributed by atoms with Crippen LogP contribution in [-0.4, -0.2) is 30.4 Å². The second-order valence-electron chi connectivity index (χ2n) is 10.5. The summed E-state index contributed by atoms with van der Waals surface area (Å²) in [6.07, 6.45) is 1.43. The Morgan fingerprint density at radius 2 is 1.84 bits per heavy atom. The number of aromatic nitrogens is 1. The Morgan fingerprint density at radius 3 is 2.53 bits per heavy atom. The maximum atomic E-state index is 14.0. The van der Waals surface area contributed by atoms with Crippen molar-refractivity contribution in [2.45, 2.75) is 46.4 Å². The minimum atomic E-state index is -0.730. The summed E-state index contributed by atoms with van der Waals surface area (Å²) in [7, 11) is 1.58. The summed E-state index contributed by atoms with van der Waals surface area (Å²) < 4.78 is 24.8. The molecule has 5 rings (SSSR count). The minimum Gasteiger partial charge on any atom is -0.497 e. The predicted octanol–water partition coefficient (Wildman–Crippen LogP) is 5.04. The molecule has 1 atom stereocenters. The number of nitriles is 1. The van der Waals surface area contributed by atoms with Crippen molar-refractivity contribution in [2.24, 2.45) is 4.99 Å². The van der Waals surface area contributed by atoms with Crippen molar-refractivity contribution >= 4 is 23.4 Å². The standard InChI is InChI=1S/C35H33N3O6S/c1-6-42-29-17-23(11-16-28(29)43-20-26-10-8-7-9-25(26)19-36)18-30-33(39)38-32(24-12-14-27(41-5)15-13-24)31(34(40)44-21(2)3)22(4)37-35(38)45-30/h7-18,21,32H,6,20H2,1-5H3/b30-18+/t32-/m0/s1. The Labute approximate surface area is 264 Å². The van der Waals surface area contributed by atoms with Crippen molar-refractivity contribution < 1.29 is 23.7 Å². The van der Waals surface area contributed by atoms with E-state index in [1.165, 1.54) is 11.3 Å². The zero-order valence-corrected chi connectivity index (χ0v) is 26.5. The molecule has 2 heterocycles. The van der Waals surface area contributed by atoms with Gasteiger partial charge in [0.2, 0.25) is 0 Å². The van der Waals surface area contributed by atoms with Gasteiger partial charge in [0.25, 0.3) is 5.56 Å². The summed E-state index contributed by atoms with van der Waals surface area (Å²) in [6, 6.07) is 21.4. The molecule has 1 aliphatic rings. The zero-order valence-electron chi connectivity index (χ0n) is 25.7. The maximum Gasteiger partial charge on any atom is 0.338 e. The normalized spacial score (nSPS) is 14.4. The molecule has 230 valence electrons. The van der Waals surface area contributed by atoms with Gasteiger partial charge in [-0.3, -0.25) is 9.36 Å². The summed E-state index contributed by atoms with van der Waals surface area (Å²) >= 11 is 1.24. The molecule has 0 spiro atoms. The van der Waals surface area contributed by atoms with Crippen LogP contribution in [0.5, 0.6) is 17.2 Å². The van der Waals surface area contributed by atoms with Gasteiger partial charge in [-0.15, -0.1) is 0 Å². The highest BCUT2D eigenvalue weighted by Crippen LogP contribution is 2.32. The van der Waals surface area contributed by atoms with Crippen LogP contribution in [0, 0.1) is 11.3 Å². The summed E-state index contributed by atoms with van der Waals surface area (Å²) in [4.78, 5) is 32.5. The van der Waals surface area contributed by atoms with E-state index in [9.17, 15) is 14.9 Å². The van der Waals surface area contributed by atoms with E-state index in [-0.39, 0.29) is 18.3 Å². The third-order valence-electron chi connectivity index (χ3n) is 7.10. The lowest BCUT2D eigenvalue weighted by atomic mass is 9.96. The highest BCUT2D eigenvalue weighted by molar-refractivity contribution is 7.07. The van der Waals surface area contributed by atoms with Gasteiger partial charge in [-0.25, -0.2) is 9.79 Å². The molecule has 3 aromatic carbocycles. The van der Waals surface area contributed by atoms with Crippen molar-refractivity contribution in [3.63, 3.8) is 0 Å². The number of hydrogen-bond donors (Lipinski definition) is 0. The van der Waals surface area contributed by atoms with E-state index < -0.39 is 12.0 Å². The van der Waals surface area contributed by atoms with E-state index in [0.717, 1.165) is 16.7 Å². The fraction of sp³-hybridized carbons (Fsp3) is 0.257. The zero-order chi connectivity index (χ0) is 32.1. The average Bonchev–Trinajstić information content (AvgIpc) is 3.33. The topological polar surface area (TPSA) is 112 Å². The first-order valence-electron chi connectivity index (χ1n) is 14.5. The van der Waals surface area contributed by atoms with Gasteiger partial charge < -0.3 is 18.9 Å². The van der Waals surface area contributed by atoms with E-state index >= 15 is 0 Å². The molecule has 0 bridgehead atoms. The molecular formula is C35H33N3O6S. The molecule has 0 unspecified atom stereocenters. The molecule has 0 radical (unpaired) electrons. The number of ether oxygens (including phenoxy) is 4. The first-order chi connectivity index (χ1) is 21.7. The number of hydrogen-bond acceptors (Lipinski definition) is 9. The Kier molecular flexibility index (Phi) is 9.50. The van der Waals surface area contributed by atoms with Gasteiger partial charge in [0.1, 0.15) is 12.4 Å². The first kappa shape index (κ1) is 31.3. The van der Waals surface area contributed by atoms with Crippen LogP contribution in [0.3, 0.4) is 0 Å². The molecule has 4 aromatic rings. The van der Waals surface area contributed by atoms with Crippen LogP contribution in [0.25, 0.3) is 6.08 Å². The Bertz CT molecular complexity index is 1980. The van der Waals surface area contributed by atoms with Gasteiger partial charge in [0.15, 0.2) is 16.3 Å². The molecule has 45 heavy (non-hydrogen) atoms. The van der Waals surface area contributed by atoms with Crippen LogP contribution >= 0.6 is 11.3 Å². The molecule has 9 nitrogen and oxygen atoms in total. The maximum absolute atomic E-state index is 14.0. The summed E-state index contributed by atoms with van der Waals surface area (Å²) in [5, 5.41) is 9.41. The van der Waals surface area contributed by atoms with E-state index in [1.54, 1.807) is 62.8 Å². The van der Waals surface area contributed by atoms with Gasteiger partial charge in [-0.1, -0.05) is 47.7 Å². The van der Waals surface area contributed by atoms with Crippen LogP contribution in [-0.2, 0) is 16.1 Å². The summed E-state index contributed by atoms with van der Waals surface area (Å²) in [5.41, 5.74) is 3.29. The number of allylic oxidation sites excluding steroid dienone is 1. The Hall–Kier alpha value is -5.14. The molecule has 0 saturated carbocycles. The monoisotopic (exact) mass is 623 g/mol. The van der Waals surface area contributed by atoms with Crippen molar-refractivity contribution in [3.8, 4) is 23.3 Å². The number of carbonyl (C=O) groups is 1. The highest BCUT2D eigenvalue weighted by atomic mass is 32.1. The largest absolute Gasteiger partial charge is 0.497 e. The predicted molar refractivity (Wildman–Crippen MR) is 171 cm³/mol. The summed E-state index contributed by atoms with van der Waals surface area (Å²) in [5.74, 6) is 1.17. The van der Waals surface area contributed by atoms with Crippen molar-refractivity contribution in [3.05, 3.63) is 120 Å². The fourth-order valence-corrected chi connectivity index (χ4v) is 6.07. The lowest BCUT2D eigenvalue weighted by Crippen LogP contribution is -2.40. The van der Waals surface area contributed by atoms with Crippen molar-refractivity contribution in [2.75, 3.05) is 13.7 Å². The van der Waals surface area contributed by atoms with Crippen LogP contribution in [0.15, 0.2) is 87.8 Å². The molecule has 0 amide bonds. The SMILES string of the molecule is CCOc1cc(/C=c2/sc3n(c2=O)[C@@H](c2ccc(OC)cc2)C(C(=O)OC(C)C)=C(C)N=3)ccc1OCc1ccccc1C#N. The Morgan fingerprint density at radius 1 is 1.09 bits per heavy atom. The van der Waals surface area contributed by atoms with Gasteiger partial charge in [-0.2, -0.15) is 5.26 Å². The van der Waals surface area contributed by atoms with Gasteiger partial charge >= 0.3 is 5.97 Å². The molecular weight excluding hydrogens is 590 g/mol. The molecule has 0 aliphatic carbocycles. The smallest absolute Gasteiger partial charge is 0.338 e. The van der Waals surface area contributed by atoms with Crippen LogP contribution < -0.4 is 29.1 Å². The number of fused-ring (bicyclic) bond motifs is 1. The summed E-state index contributed by atoms with van der Waals surface area (Å²) in [6.45, 7) is 7.81. The van der Waals surface area contributed by atoms with Crippen LogP contribution in [0.1, 0.15) is 56.0 Å². The number of rotatable bonds is 10. The lowest BCUT2D eigenvalue weighted by molar-refractivity contribution is -0.143. The van der Waals surface area contributed by atoms with E-state index in [2.05, 4.69) is 11.1 Å². The molecule has 10 heteroatoms. The van der Waals surface area contributed by atoms with Gasteiger partial charge in [0.05, 0.1) is 53.3 Å². The fourth-order valence-electron chi connectivity index (χ4n) is 5.03. The minimum absolute atomic E-state index is 0.202. The number of thiazole rings is 1. The number of benzene rings is 3. The number of methoxy groups -OCH3 is 1. The average molecular weight is 624 g/mol. The van der Waals surface area contributed by atoms with E-state index in [1.807, 2.05) is 49.4 Å². The third kappa shape index (κ3) is 6.69. The first-order valence-corrected chi connectivity index (χ1v) is 15.3. The number of carbonyl (C=O) groups excluding carboxylic acids is 1. The lowest BCUT2D eigenvalue weighted by Gasteiger charge is -2.25. The second-order valence-corrected chi connectivity index (χ2v) is 11.5. The molecule has 0 N–H and O–H groups in total. The van der Waals surface area contributed by atoms with E-state index in [0.29, 0.717) is 50.0 Å². The third-order valence-corrected chi connectivity index (χ3v) is 8.09. The Balaban J connectivity index is 1.55. The quantitative estimate of drug-likeness (QED) is 0.228. The van der Waals surface area contributed by atoms with Crippen molar-refractivity contribution in [1.82, 2.24) is 4.57 Å². The van der Waals surface area contributed by atoms with Gasteiger partial charge in [0, 0.05) is 5.56 Å². The molecule has 1 aliphatic heterocycles. The highest BCUT2D eigenvalue weighted by Gasteiger charge is 2.33. The van der Waals surface area contributed by atoms with Crippen LogP contribution in [0.2, 0.25) is 0 Å². The van der Waals surface area contributed by atoms with Crippen LogP contribution in [0.4, 0.5) is 0 Å². The van der Waals surface area contributed by atoms with E-state index in [4.69, 9.17) is 18.9 Å². The van der Waals surface area contributed by atoms with Gasteiger partial charge in [-0.05, 0) is 75.2 Å². The molecule has 0 saturated heterocycles. The molecule has 0 fully saturated rings. The number of nitrogens with zero attached hydrogens (tertiary/aromatic N) is 3. The molecule has 1 aromatic heterocycles.